The first-order valence-corrected chi connectivity index (χ1v) is 14.1. The van der Waals surface area contributed by atoms with Gasteiger partial charge < -0.3 is 24.4 Å². The molecule has 18 heteroatoms. The molecule has 0 radical (unpaired) electrons. The molecule has 0 aliphatic heterocycles. The van der Waals surface area contributed by atoms with Crippen LogP contribution in [-0.2, 0) is 26.6 Å². The second-order valence-electron chi connectivity index (χ2n) is 8.35. The predicted octanol–water partition coefficient (Wildman–Crippen LogP) is -1.53. The third-order valence-electron chi connectivity index (χ3n) is 5.36. The van der Waals surface area contributed by atoms with E-state index in [-0.39, 0.29) is 52.4 Å². The molecule has 0 spiro atoms. The molecule has 2 aromatic carbocycles. The van der Waals surface area contributed by atoms with Gasteiger partial charge in [-0.15, -0.1) is 5.10 Å². The zero-order chi connectivity index (χ0) is 31.7. The van der Waals surface area contributed by atoms with Crippen molar-refractivity contribution in [3.8, 4) is 11.8 Å². The number of aliphatic carboxylic acids is 1. The van der Waals surface area contributed by atoms with Crippen molar-refractivity contribution in [3.63, 3.8) is 0 Å². The van der Waals surface area contributed by atoms with E-state index in [1.807, 2.05) is 6.92 Å². The van der Waals surface area contributed by atoms with Crippen LogP contribution < -0.4 is 49.8 Å². The quantitative estimate of drug-likeness (QED) is 0.0942. The minimum Gasteiger partial charge on any atom is -0.844 e. The van der Waals surface area contributed by atoms with Gasteiger partial charge in [0.1, 0.15) is 22.2 Å². The predicted molar refractivity (Wildman–Crippen MR) is 151 cm³/mol. The number of carbonyl (C=O) groups is 2. The molecule has 4 rings (SSSR count). The monoisotopic (exact) mass is 657 g/mol. The number of fused-ring (bicyclic) bond motifs is 1. The molecule has 0 amide bonds. The summed E-state index contributed by atoms with van der Waals surface area (Å²) in [5, 5.41) is 25.7. The van der Waals surface area contributed by atoms with Crippen molar-refractivity contribution in [2.24, 2.45) is 11.4 Å². The fourth-order valence-corrected chi connectivity index (χ4v) is 4.67. The Balaban J connectivity index is 0.000000338. The fourth-order valence-electron chi connectivity index (χ4n) is 3.39. The van der Waals surface area contributed by atoms with E-state index in [0.29, 0.717) is 22.7 Å². The van der Waals surface area contributed by atoms with Gasteiger partial charge in [-0.2, -0.15) is 17.5 Å². The van der Waals surface area contributed by atoms with Gasteiger partial charge in [0.25, 0.3) is 10.0 Å². The molecule has 0 bridgehead atoms. The van der Waals surface area contributed by atoms with E-state index in [9.17, 15) is 27.9 Å². The SMILES string of the molecule is CCCOc1nn(/C([O-])=N/S(=O)(=O)c2ccccc2C(=O)OC)c(=O)n1C.O=C(O)COc1ccc(Cl)c2cccnc12.[Na+]. The summed E-state index contributed by atoms with van der Waals surface area (Å²) in [6.07, 6.45) is 2.24. The molecule has 0 saturated heterocycles. The molecule has 0 aliphatic carbocycles. The van der Waals surface area contributed by atoms with E-state index >= 15 is 0 Å². The summed E-state index contributed by atoms with van der Waals surface area (Å²) in [5.41, 5.74) is -0.653. The fraction of sp³-hybridized carbons (Fsp3) is 0.231. The van der Waals surface area contributed by atoms with Crippen molar-refractivity contribution in [2.75, 3.05) is 20.3 Å². The number of pyridine rings is 1. The minimum absolute atomic E-state index is 0. The van der Waals surface area contributed by atoms with Crippen molar-refractivity contribution < 1.29 is 72.0 Å². The van der Waals surface area contributed by atoms with Crippen LogP contribution in [0.3, 0.4) is 0 Å². The maximum atomic E-state index is 12.5. The molecule has 2 heterocycles. The number of esters is 1. The maximum Gasteiger partial charge on any atom is 1.00 e. The van der Waals surface area contributed by atoms with Crippen molar-refractivity contribution in [1.82, 2.24) is 19.3 Å². The maximum absolute atomic E-state index is 12.5. The molecule has 0 aliphatic rings. The summed E-state index contributed by atoms with van der Waals surface area (Å²) in [6.45, 7) is 1.69. The van der Waals surface area contributed by atoms with Crippen molar-refractivity contribution in [1.29, 1.82) is 0 Å². The van der Waals surface area contributed by atoms with Crippen molar-refractivity contribution >= 4 is 50.5 Å². The molecule has 2 aromatic heterocycles. The molecule has 0 fully saturated rings. The molecule has 0 saturated carbocycles. The number of carboxylic acids is 1. The van der Waals surface area contributed by atoms with E-state index < -0.39 is 45.2 Å². The second-order valence-corrected chi connectivity index (χ2v) is 10.3. The molecule has 44 heavy (non-hydrogen) atoms. The first-order valence-electron chi connectivity index (χ1n) is 12.3. The average molecular weight is 658 g/mol. The van der Waals surface area contributed by atoms with Crippen molar-refractivity contribution in [3.05, 3.63) is 75.8 Å². The minimum atomic E-state index is -4.61. The molecule has 0 atom stereocenters. The number of carboxylic acid groups (broad SMARTS) is 1. The van der Waals surface area contributed by atoms with Crippen molar-refractivity contribution in [2.45, 2.75) is 18.2 Å². The van der Waals surface area contributed by atoms with E-state index in [1.54, 1.807) is 30.5 Å². The number of hydrogen-bond donors (Lipinski definition) is 1. The number of carbonyl (C=O) groups excluding carboxylic acids is 1. The summed E-state index contributed by atoms with van der Waals surface area (Å²) in [5.74, 6) is -1.52. The van der Waals surface area contributed by atoms with Crippen LogP contribution in [0.5, 0.6) is 11.8 Å². The summed E-state index contributed by atoms with van der Waals surface area (Å²) in [7, 11) is -2.21. The van der Waals surface area contributed by atoms with Gasteiger partial charge in [-0.25, -0.2) is 19.0 Å². The number of benzene rings is 2. The Labute approximate surface area is 278 Å². The summed E-state index contributed by atoms with van der Waals surface area (Å²) < 4.78 is 44.0. The molecular formula is C26H25ClN5NaO10S. The molecule has 15 nitrogen and oxygen atoms in total. The topological polar surface area (TPSA) is 204 Å². The standard InChI is InChI=1S/C15H18N4O7S.C11H8ClNO3.Na/c1-4-9-26-14-16-19(15(22)18(14)2)13(21)17-27(23,24)11-8-6-5-7-10(11)12(20)25-3;12-8-3-4-9(16-6-10(14)15)11-7(8)2-1-5-13-11;/h5-8H,4,9H2,1-3H3,(H,17,21);1-5H,6H2,(H,14,15);/q;;+1/p-1. The smallest absolute Gasteiger partial charge is 0.844 e. The molecule has 228 valence electrons. The Morgan fingerprint density at radius 1 is 1.11 bits per heavy atom. The number of methoxy groups -OCH3 is 1. The molecular weight excluding hydrogens is 633 g/mol. The van der Waals surface area contributed by atoms with Gasteiger partial charge in [0.05, 0.1) is 24.3 Å². The van der Waals surface area contributed by atoms with Gasteiger partial charge in [0.2, 0.25) is 0 Å². The number of rotatable bonds is 9. The second kappa shape index (κ2) is 16.2. The summed E-state index contributed by atoms with van der Waals surface area (Å²) >= 11 is 5.98. The Bertz CT molecular complexity index is 1840. The Kier molecular flexibility index (Phi) is 13.3. The zero-order valence-corrected chi connectivity index (χ0v) is 27.5. The normalized spacial score (nSPS) is 11.1. The van der Waals surface area contributed by atoms with E-state index in [1.165, 1.54) is 25.2 Å². The van der Waals surface area contributed by atoms with Crippen LogP contribution in [0.2, 0.25) is 5.02 Å². The average Bonchev–Trinajstić information content (AvgIpc) is 3.28. The number of nitrogens with zero attached hydrogens (tertiary/aromatic N) is 5. The number of ether oxygens (including phenoxy) is 3. The van der Waals surface area contributed by atoms with Crippen LogP contribution in [0, 0.1) is 0 Å². The third-order valence-corrected chi connectivity index (χ3v) is 6.99. The number of aromatic nitrogens is 4. The molecule has 1 N–H and O–H groups in total. The van der Waals surface area contributed by atoms with Crippen LogP contribution in [0.25, 0.3) is 10.9 Å². The van der Waals surface area contributed by atoms with Crippen LogP contribution in [0.4, 0.5) is 0 Å². The Morgan fingerprint density at radius 2 is 1.82 bits per heavy atom. The van der Waals surface area contributed by atoms with Crippen LogP contribution in [0.15, 0.2) is 68.8 Å². The van der Waals surface area contributed by atoms with Crippen LogP contribution >= 0.6 is 11.6 Å². The zero-order valence-electron chi connectivity index (χ0n) is 24.0. The first-order chi connectivity index (χ1) is 20.4. The molecule has 4 aromatic rings. The van der Waals surface area contributed by atoms with Gasteiger partial charge in [0, 0.05) is 18.6 Å². The number of hydrogen-bond acceptors (Lipinski definition) is 11. The van der Waals surface area contributed by atoms with Gasteiger partial charge in [-0.05, 0) is 42.8 Å². The van der Waals surface area contributed by atoms with E-state index in [2.05, 4.69) is 19.2 Å². The first kappa shape index (κ1) is 36.2. The Morgan fingerprint density at radius 3 is 2.48 bits per heavy atom. The molecule has 0 unspecified atom stereocenters. The van der Waals surface area contributed by atoms with E-state index in [0.717, 1.165) is 23.1 Å². The van der Waals surface area contributed by atoms with Gasteiger partial charge in [-0.3, -0.25) is 4.98 Å². The summed E-state index contributed by atoms with van der Waals surface area (Å²) in [4.78, 5) is 37.8. The number of sulfonamides is 1. The summed E-state index contributed by atoms with van der Waals surface area (Å²) in [6, 6.07) is 10.3. The van der Waals surface area contributed by atoms with Gasteiger partial charge in [-0.1, -0.05) is 30.7 Å². The third kappa shape index (κ3) is 8.79. The van der Waals surface area contributed by atoms with Gasteiger partial charge in [0.15, 0.2) is 6.61 Å². The van der Waals surface area contributed by atoms with Crippen LogP contribution in [-0.4, -0.2) is 71.1 Å². The van der Waals surface area contributed by atoms with E-state index in [4.69, 9.17) is 26.2 Å². The van der Waals surface area contributed by atoms with Crippen LogP contribution in [0.1, 0.15) is 23.7 Å². The van der Waals surface area contributed by atoms with Gasteiger partial charge >= 0.3 is 53.2 Å². The number of halogens is 1. The largest absolute Gasteiger partial charge is 1.00 e. The Hall–Kier alpha value is -3.96.